The first-order chi connectivity index (χ1) is 8.88. The fourth-order valence-electron chi connectivity index (χ4n) is 2.41. The Hall–Kier alpha value is -1.75. The number of nitrogens with zero attached hydrogens (tertiary/aromatic N) is 5. The smallest absolute Gasteiger partial charge is 0.164 e. The zero-order valence-corrected chi connectivity index (χ0v) is 10.6. The van der Waals surface area contributed by atoms with Gasteiger partial charge in [-0.25, -0.2) is 15.0 Å². The molecule has 0 amide bonds. The molecule has 0 atom stereocenters. The summed E-state index contributed by atoms with van der Waals surface area (Å²) in [6.07, 6.45) is 3.38. The van der Waals surface area contributed by atoms with Gasteiger partial charge in [0.05, 0.1) is 5.39 Å². The maximum atomic E-state index is 4.44. The van der Waals surface area contributed by atoms with E-state index in [2.05, 4.69) is 31.7 Å². The van der Waals surface area contributed by atoms with Crippen molar-refractivity contribution in [3.8, 4) is 0 Å². The second-order valence-corrected chi connectivity index (χ2v) is 4.49. The maximum absolute atomic E-state index is 4.44. The Morgan fingerprint density at radius 3 is 2.72 bits per heavy atom. The Kier molecular flexibility index (Phi) is 3.06. The number of rotatable bonds is 2. The van der Waals surface area contributed by atoms with E-state index in [1.807, 2.05) is 12.1 Å². The van der Waals surface area contributed by atoms with Gasteiger partial charge in [0.2, 0.25) is 0 Å². The molecule has 3 heterocycles. The average Bonchev–Trinajstić information content (AvgIpc) is 2.47. The van der Waals surface area contributed by atoms with Crippen molar-refractivity contribution in [1.82, 2.24) is 19.9 Å². The highest BCUT2D eigenvalue weighted by Crippen LogP contribution is 2.22. The van der Waals surface area contributed by atoms with Crippen LogP contribution in [-0.4, -0.2) is 52.6 Å². The third kappa shape index (κ3) is 2.01. The van der Waals surface area contributed by atoms with E-state index in [1.165, 1.54) is 0 Å². The predicted octanol–water partition coefficient (Wildman–Crippen LogP) is 1.17. The van der Waals surface area contributed by atoms with E-state index in [9.17, 15) is 0 Å². The van der Waals surface area contributed by atoms with Gasteiger partial charge in [-0.15, -0.1) is 0 Å². The van der Waals surface area contributed by atoms with E-state index in [0.717, 1.165) is 49.6 Å². The summed E-state index contributed by atoms with van der Waals surface area (Å²) in [5, 5.41) is 1.05. The Labute approximate surface area is 106 Å². The predicted molar refractivity (Wildman–Crippen MR) is 71.7 cm³/mol. The molecule has 5 heteroatoms. The van der Waals surface area contributed by atoms with Gasteiger partial charge in [-0.1, -0.05) is 6.92 Å². The number of piperazine rings is 1. The van der Waals surface area contributed by atoms with Crippen LogP contribution in [-0.2, 0) is 0 Å². The zero-order chi connectivity index (χ0) is 12.4. The topological polar surface area (TPSA) is 45.2 Å². The van der Waals surface area contributed by atoms with Gasteiger partial charge in [-0.3, -0.25) is 0 Å². The summed E-state index contributed by atoms with van der Waals surface area (Å²) in [6, 6.07) is 3.99. The first kappa shape index (κ1) is 11.3. The molecule has 0 saturated carbocycles. The number of aromatic nitrogens is 3. The van der Waals surface area contributed by atoms with E-state index in [1.54, 1.807) is 12.5 Å². The number of fused-ring (bicyclic) bond motifs is 1. The SMILES string of the molecule is CCN1CCN(c2ncnc3ncccc23)CC1. The van der Waals surface area contributed by atoms with E-state index in [0.29, 0.717) is 0 Å². The van der Waals surface area contributed by atoms with Crippen LogP contribution < -0.4 is 4.90 Å². The molecule has 0 bridgehead atoms. The first-order valence-electron chi connectivity index (χ1n) is 6.41. The van der Waals surface area contributed by atoms with Gasteiger partial charge in [-0.05, 0) is 18.7 Å². The maximum Gasteiger partial charge on any atom is 0.164 e. The Morgan fingerprint density at radius 1 is 1.11 bits per heavy atom. The lowest BCUT2D eigenvalue weighted by atomic mass is 10.2. The van der Waals surface area contributed by atoms with Crippen molar-refractivity contribution in [2.75, 3.05) is 37.6 Å². The normalized spacial score (nSPS) is 17.3. The van der Waals surface area contributed by atoms with Crippen molar-refractivity contribution in [2.45, 2.75) is 6.92 Å². The molecule has 0 radical (unpaired) electrons. The number of pyridine rings is 1. The molecular weight excluding hydrogens is 226 g/mol. The van der Waals surface area contributed by atoms with Crippen LogP contribution in [0.5, 0.6) is 0 Å². The van der Waals surface area contributed by atoms with Crippen molar-refractivity contribution >= 4 is 16.9 Å². The minimum absolute atomic E-state index is 0.778. The molecule has 2 aromatic rings. The van der Waals surface area contributed by atoms with Gasteiger partial charge in [0.1, 0.15) is 12.1 Å². The van der Waals surface area contributed by atoms with Crippen LogP contribution in [0.1, 0.15) is 6.92 Å². The largest absolute Gasteiger partial charge is 0.353 e. The summed E-state index contributed by atoms with van der Waals surface area (Å²) in [6.45, 7) is 7.58. The summed E-state index contributed by atoms with van der Waals surface area (Å²) in [5.41, 5.74) is 0.778. The molecule has 94 valence electrons. The second kappa shape index (κ2) is 4.86. The molecule has 1 saturated heterocycles. The number of anilines is 1. The van der Waals surface area contributed by atoms with Crippen molar-refractivity contribution in [2.24, 2.45) is 0 Å². The number of likely N-dealkylation sites (N-methyl/N-ethyl adjacent to an activating group) is 1. The summed E-state index contributed by atoms with van der Waals surface area (Å²) in [7, 11) is 0. The van der Waals surface area contributed by atoms with Crippen molar-refractivity contribution in [1.29, 1.82) is 0 Å². The van der Waals surface area contributed by atoms with Crippen LogP contribution >= 0.6 is 0 Å². The minimum atomic E-state index is 0.778. The monoisotopic (exact) mass is 243 g/mol. The highest BCUT2D eigenvalue weighted by molar-refractivity contribution is 5.86. The van der Waals surface area contributed by atoms with Gasteiger partial charge in [0.15, 0.2) is 5.65 Å². The molecule has 0 aromatic carbocycles. The van der Waals surface area contributed by atoms with Gasteiger partial charge in [0.25, 0.3) is 0 Å². The van der Waals surface area contributed by atoms with Gasteiger partial charge in [-0.2, -0.15) is 0 Å². The van der Waals surface area contributed by atoms with Gasteiger partial charge in [0, 0.05) is 32.4 Å². The van der Waals surface area contributed by atoms with Crippen molar-refractivity contribution in [3.63, 3.8) is 0 Å². The van der Waals surface area contributed by atoms with Gasteiger partial charge >= 0.3 is 0 Å². The molecule has 5 nitrogen and oxygen atoms in total. The van der Waals surface area contributed by atoms with Crippen molar-refractivity contribution < 1.29 is 0 Å². The molecule has 0 N–H and O–H groups in total. The molecular formula is C13H17N5. The molecule has 2 aromatic heterocycles. The Balaban J connectivity index is 1.91. The highest BCUT2D eigenvalue weighted by atomic mass is 15.3. The Bertz CT molecular complexity index is 528. The lowest BCUT2D eigenvalue weighted by molar-refractivity contribution is 0.271. The molecule has 1 aliphatic heterocycles. The third-order valence-corrected chi connectivity index (χ3v) is 3.51. The second-order valence-electron chi connectivity index (χ2n) is 4.49. The standard InChI is InChI=1S/C13H17N5/c1-2-17-6-8-18(9-7-17)13-11-4-3-5-14-12(11)15-10-16-13/h3-5,10H,2,6-9H2,1H3. The van der Waals surface area contributed by atoms with Crippen molar-refractivity contribution in [3.05, 3.63) is 24.7 Å². The van der Waals surface area contributed by atoms with E-state index in [4.69, 9.17) is 0 Å². The van der Waals surface area contributed by atoms with Crippen LogP contribution in [0, 0.1) is 0 Å². The summed E-state index contributed by atoms with van der Waals surface area (Å²) >= 11 is 0. The summed E-state index contributed by atoms with van der Waals surface area (Å²) < 4.78 is 0. The fraction of sp³-hybridized carbons (Fsp3) is 0.462. The lowest BCUT2D eigenvalue weighted by Gasteiger charge is -2.35. The fourth-order valence-corrected chi connectivity index (χ4v) is 2.41. The summed E-state index contributed by atoms with van der Waals surface area (Å²) in [4.78, 5) is 17.7. The van der Waals surface area contributed by atoms with E-state index >= 15 is 0 Å². The van der Waals surface area contributed by atoms with Gasteiger partial charge < -0.3 is 9.80 Å². The minimum Gasteiger partial charge on any atom is -0.353 e. The summed E-state index contributed by atoms with van der Waals surface area (Å²) in [5.74, 6) is 1.02. The number of hydrogen-bond acceptors (Lipinski definition) is 5. The molecule has 3 rings (SSSR count). The van der Waals surface area contributed by atoms with E-state index in [-0.39, 0.29) is 0 Å². The first-order valence-corrected chi connectivity index (χ1v) is 6.41. The highest BCUT2D eigenvalue weighted by Gasteiger charge is 2.18. The molecule has 1 fully saturated rings. The van der Waals surface area contributed by atoms with Crippen LogP contribution in [0.4, 0.5) is 5.82 Å². The third-order valence-electron chi connectivity index (χ3n) is 3.51. The molecule has 0 aliphatic carbocycles. The lowest BCUT2D eigenvalue weighted by Crippen LogP contribution is -2.46. The van der Waals surface area contributed by atoms with Crippen LogP contribution in [0.3, 0.4) is 0 Å². The molecule has 1 aliphatic rings. The zero-order valence-electron chi connectivity index (χ0n) is 10.6. The number of hydrogen-bond donors (Lipinski definition) is 0. The van der Waals surface area contributed by atoms with Crippen LogP contribution in [0.2, 0.25) is 0 Å². The average molecular weight is 243 g/mol. The van der Waals surface area contributed by atoms with Crippen LogP contribution in [0.25, 0.3) is 11.0 Å². The molecule has 18 heavy (non-hydrogen) atoms. The molecule has 0 unspecified atom stereocenters. The quantitative estimate of drug-likeness (QED) is 0.792. The van der Waals surface area contributed by atoms with Crippen LogP contribution in [0.15, 0.2) is 24.7 Å². The molecule has 0 spiro atoms. The van der Waals surface area contributed by atoms with E-state index < -0.39 is 0 Å². The Morgan fingerprint density at radius 2 is 1.94 bits per heavy atom.